The zero-order valence-electron chi connectivity index (χ0n) is 12.2. The van der Waals surface area contributed by atoms with Gasteiger partial charge in [0.05, 0.1) is 17.1 Å². The van der Waals surface area contributed by atoms with Crippen molar-refractivity contribution in [3.8, 4) is 0 Å². The molecule has 1 unspecified atom stereocenters. The Hall–Kier alpha value is -2.34. The molecule has 3 heterocycles. The summed E-state index contributed by atoms with van der Waals surface area (Å²) in [5.74, 6) is 0.617. The van der Waals surface area contributed by atoms with Crippen molar-refractivity contribution in [1.82, 2.24) is 10.3 Å². The number of hydrogen-bond acceptors (Lipinski definition) is 4. The highest BCUT2D eigenvalue weighted by atomic mass is 79.9. The molecule has 2 aromatic rings. The van der Waals surface area contributed by atoms with Crippen molar-refractivity contribution in [3.63, 3.8) is 0 Å². The van der Waals surface area contributed by atoms with E-state index in [4.69, 9.17) is 4.99 Å². The maximum absolute atomic E-state index is 11.7. The Kier molecular flexibility index (Phi) is 3.53. The van der Waals surface area contributed by atoms with Crippen LogP contribution in [0, 0.1) is 0 Å². The standard InChI is InChI=1S/C17H13BrN4O/c18-10-4-5-12-11(9-10)16(13-3-1-2-8-19-13)20-14-6-7-15(23)22-17(14)21-12/h1-5,8-9,14H,6-7H2,(H,21,22,23). The summed E-state index contributed by atoms with van der Waals surface area (Å²) in [4.78, 5) is 25.7. The van der Waals surface area contributed by atoms with Gasteiger partial charge < -0.3 is 5.32 Å². The molecule has 6 heteroatoms. The van der Waals surface area contributed by atoms with E-state index in [1.165, 1.54) is 0 Å². The molecule has 2 aliphatic heterocycles. The van der Waals surface area contributed by atoms with E-state index in [2.05, 4.69) is 31.2 Å². The molecule has 1 amide bonds. The number of hydrogen-bond donors (Lipinski definition) is 1. The number of halogens is 1. The molecule has 0 saturated carbocycles. The molecular weight excluding hydrogens is 356 g/mol. The fourth-order valence-corrected chi connectivity index (χ4v) is 3.14. The summed E-state index contributed by atoms with van der Waals surface area (Å²) >= 11 is 3.51. The second-order valence-electron chi connectivity index (χ2n) is 5.45. The first-order chi connectivity index (χ1) is 11.2. The lowest BCUT2D eigenvalue weighted by Crippen LogP contribution is -2.43. The Morgan fingerprint density at radius 1 is 1.22 bits per heavy atom. The average Bonchev–Trinajstić information content (AvgIpc) is 2.72. The third kappa shape index (κ3) is 2.70. The van der Waals surface area contributed by atoms with E-state index in [1.807, 2.05) is 36.4 Å². The van der Waals surface area contributed by atoms with E-state index in [0.717, 1.165) is 27.1 Å². The lowest BCUT2D eigenvalue weighted by atomic mass is 10.0. The average molecular weight is 369 g/mol. The number of carbonyl (C=O) groups excluding carboxylic acids is 1. The summed E-state index contributed by atoms with van der Waals surface area (Å²) in [7, 11) is 0. The minimum Gasteiger partial charge on any atom is -0.312 e. The van der Waals surface area contributed by atoms with Crippen LogP contribution in [0.25, 0.3) is 0 Å². The summed E-state index contributed by atoms with van der Waals surface area (Å²) < 4.78 is 0.953. The van der Waals surface area contributed by atoms with Crippen molar-refractivity contribution in [2.45, 2.75) is 18.9 Å². The van der Waals surface area contributed by atoms with Crippen molar-refractivity contribution in [2.24, 2.45) is 9.98 Å². The number of pyridine rings is 1. The Bertz CT molecular complexity index is 845. The molecule has 4 rings (SSSR count). The number of fused-ring (bicyclic) bond motifs is 2. The number of amidine groups is 1. The molecule has 1 aromatic heterocycles. The second-order valence-corrected chi connectivity index (χ2v) is 6.37. The molecule has 0 spiro atoms. The first kappa shape index (κ1) is 14.3. The third-order valence-corrected chi connectivity index (χ3v) is 4.37. The van der Waals surface area contributed by atoms with E-state index < -0.39 is 0 Å². The van der Waals surface area contributed by atoms with E-state index in [0.29, 0.717) is 18.7 Å². The van der Waals surface area contributed by atoms with Crippen LogP contribution in [0.2, 0.25) is 0 Å². The molecule has 0 bridgehead atoms. The first-order valence-electron chi connectivity index (χ1n) is 7.38. The summed E-state index contributed by atoms with van der Waals surface area (Å²) in [5.41, 5.74) is 3.31. The number of benzene rings is 1. The molecule has 23 heavy (non-hydrogen) atoms. The molecule has 2 aliphatic rings. The van der Waals surface area contributed by atoms with Gasteiger partial charge >= 0.3 is 0 Å². The molecule has 1 fully saturated rings. The smallest absolute Gasteiger partial charge is 0.225 e. The van der Waals surface area contributed by atoms with Gasteiger partial charge in [-0.2, -0.15) is 0 Å². The predicted molar refractivity (Wildman–Crippen MR) is 92.3 cm³/mol. The number of amides is 1. The third-order valence-electron chi connectivity index (χ3n) is 3.88. The van der Waals surface area contributed by atoms with Crippen LogP contribution < -0.4 is 5.32 Å². The molecule has 0 aliphatic carbocycles. The molecule has 1 atom stereocenters. The van der Waals surface area contributed by atoms with Gasteiger partial charge in [0.2, 0.25) is 5.91 Å². The highest BCUT2D eigenvalue weighted by Crippen LogP contribution is 2.30. The Balaban J connectivity index is 1.93. The number of aliphatic imine (C=N–C) groups is 2. The molecule has 1 aromatic carbocycles. The van der Waals surface area contributed by atoms with Crippen LogP contribution in [0.4, 0.5) is 5.69 Å². The highest BCUT2D eigenvalue weighted by Gasteiger charge is 2.28. The van der Waals surface area contributed by atoms with Crippen LogP contribution in [-0.4, -0.2) is 28.5 Å². The number of nitrogens with one attached hydrogen (secondary N) is 1. The lowest BCUT2D eigenvalue weighted by molar-refractivity contribution is -0.120. The van der Waals surface area contributed by atoms with Gasteiger partial charge in [-0.25, -0.2) is 4.99 Å². The zero-order valence-corrected chi connectivity index (χ0v) is 13.7. The van der Waals surface area contributed by atoms with Crippen molar-refractivity contribution < 1.29 is 4.79 Å². The number of nitrogens with zero attached hydrogens (tertiary/aromatic N) is 3. The monoisotopic (exact) mass is 368 g/mol. The van der Waals surface area contributed by atoms with E-state index in [9.17, 15) is 4.79 Å². The summed E-state index contributed by atoms with van der Waals surface area (Å²) in [5, 5.41) is 2.86. The lowest BCUT2D eigenvalue weighted by Gasteiger charge is -2.20. The molecule has 114 valence electrons. The topological polar surface area (TPSA) is 66.7 Å². The van der Waals surface area contributed by atoms with Crippen LogP contribution in [0.1, 0.15) is 24.1 Å². The Morgan fingerprint density at radius 2 is 2.13 bits per heavy atom. The second kappa shape index (κ2) is 5.70. The van der Waals surface area contributed by atoms with E-state index >= 15 is 0 Å². The Morgan fingerprint density at radius 3 is 2.96 bits per heavy atom. The normalized spacial score (nSPS) is 19.7. The van der Waals surface area contributed by atoms with Crippen LogP contribution >= 0.6 is 15.9 Å². The van der Waals surface area contributed by atoms with Crippen LogP contribution in [-0.2, 0) is 4.79 Å². The molecule has 5 nitrogen and oxygen atoms in total. The van der Waals surface area contributed by atoms with Crippen molar-refractivity contribution >= 4 is 39.1 Å². The van der Waals surface area contributed by atoms with Gasteiger partial charge in [0.15, 0.2) is 0 Å². The van der Waals surface area contributed by atoms with Gasteiger partial charge in [-0.1, -0.05) is 22.0 Å². The van der Waals surface area contributed by atoms with Crippen LogP contribution in [0.15, 0.2) is 57.1 Å². The maximum Gasteiger partial charge on any atom is 0.225 e. The van der Waals surface area contributed by atoms with Gasteiger partial charge in [-0.05, 0) is 36.8 Å². The number of aromatic nitrogens is 1. The molecule has 1 N–H and O–H groups in total. The van der Waals surface area contributed by atoms with Gasteiger partial charge in [-0.3, -0.25) is 14.8 Å². The van der Waals surface area contributed by atoms with Crippen molar-refractivity contribution in [3.05, 3.63) is 58.3 Å². The first-order valence-corrected chi connectivity index (χ1v) is 8.17. The maximum atomic E-state index is 11.7. The number of rotatable bonds is 1. The Labute approximate surface area is 141 Å². The fourth-order valence-electron chi connectivity index (χ4n) is 2.78. The van der Waals surface area contributed by atoms with E-state index in [-0.39, 0.29) is 11.9 Å². The highest BCUT2D eigenvalue weighted by molar-refractivity contribution is 9.10. The van der Waals surface area contributed by atoms with Gasteiger partial charge in [0, 0.05) is 22.7 Å². The minimum absolute atomic E-state index is 0.00449. The van der Waals surface area contributed by atoms with Crippen LogP contribution in [0.3, 0.4) is 0 Å². The zero-order chi connectivity index (χ0) is 15.8. The molecule has 0 radical (unpaired) electrons. The minimum atomic E-state index is -0.143. The molecule has 1 saturated heterocycles. The quantitative estimate of drug-likeness (QED) is 0.840. The number of piperidine rings is 1. The van der Waals surface area contributed by atoms with Crippen molar-refractivity contribution in [1.29, 1.82) is 0 Å². The predicted octanol–water partition coefficient (Wildman–Crippen LogP) is 3.00. The van der Waals surface area contributed by atoms with Crippen LogP contribution in [0.5, 0.6) is 0 Å². The number of carbonyl (C=O) groups is 1. The summed E-state index contributed by atoms with van der Waals surface area (Å²) in [6, 6.07) is 11.5. The summed E-state index contributed by atoms with van der Waals surface area (Å²) in [6.45, 7) is 0. The van der Waals surface area contributed by atoms with E-state index in [1.54, 1.807) is 6.20 Å². The SMILES string of the molecule is O=C1CCC2N=C(c3ccccn3)c3cc(Br)ccc3N=C2N1. The molecular formula is C17H13BrN4O. The fraction of sp³-hybridized carbons (Fsp3) is 0.176. The largest absolute Gasteiger partial charge is 0.312 e. The van der Waals surface area contributed by atoms with Gasteiger partial charge in [0.1, 0.15) is 11.9 Å². The van der Waals surface area contributed by atoms with Crippen molar-refractivity contribution in [2.75, 3.05) is 0 Å². The van der Waals surface area contributed by atoms with Gasteiger partial charge in [0.25, 0.3) is 0 Å². The van der Waals surface area contributed by atoms with Gasteiger partial charge in [-0.15, -0.1) is 0 Å². The summed E-state index contributed by atoms with van der Waals surface area (Å²) in [6.07, 6.45) is 2.88.